The van der Waals surface area contributed by atoms with Crippen molar-refractivity contribution < 1.29 is 9.59 Å². The summed E-state index contributed by atoms with van der Waals surface area (Å²) in [6.07, 6.45) is 0.340. The smallest absolute Gasteiger partial charge is 0.251 e. The lowest BCUT2D eigenvalue weighted by Crippen LogP contribution is -2.37. The molecular formula is C18H18N2O2. The van der Waals surface area contributed by atoms with Crippen LogP contribution in [0.5, 0.6) is 0 Å². The maximum absolute atomic E-state index is 12.3. The zero-order chi connectivity index (χ0) is 15.5. The van der Waals surface area contributed by atoms with Gasteiger partial charge in [-0.2, -0.15) is 0 Å². The monoisotopic (exact) mass is 294 g/mol. The van der Waals surface area contributed by atoms with E-state index in [2.05, 4.69) is 5.32 Å². The molecule has 1 aliphatic rings. The van der Waals surface area contributed by atoms with Gasteiger partial charge in [-0.05, 0) is 30.7 Å². The van der Waals surface area contributed by atoms with Gasteiger partial charge in [-0.15, -0.1) is 0 Å². The fourth-order valence-corrected chi connectivity index (χ4v) is 2.75. The van der Waals surface area contributed by atoms with Gasteiger partial charge in [-0.3, -0.25) is 9.59 Å². The Balaban J connectivity index is 1.69. The van der Waals surface area contributed by atoms with E-state index in [-0.39, 0.29) is 17.9 Å². The van der Waals surface area contributed by atoms with Crippen LogP contribution in [0.1, 0.15) is 22.3 Å². The highest BCUT2D eigenvalue weighted by Crippen LogP contribution is 2.21. The molecule has 1 fully saturated rings. The van der Waals surface area contributed by atoms with E-state index in [4.69, 9.17) is 0 Å². The highest BCUT2D eigenvalue weighted by Gasteiger charge is 2.31. The van der Waals surface area contributed by atoms with E-state index in [0.717, 1.165) is 11.3 Å². The summed E-state index contributed by atoms with van der Waals surface area (Å²) in [6.45, 7) is 2.42. The van der Waals surface area contributed by atoms with E-state index < -0.39 is 0 Å². The van der Waals surface area contributed by atoms with Crippen molar-refractivity contribution in [3.8, 4) is 0 Å². The molecule has 0 bridgehead atoms. The van der Waals surface area contributed by atoms with Gasteiger partial charge in [-0.1, -0.05) is 36.4 Å². The molecule has 2 aromatic carbocycles. The summed E-state index contributed by atoms with van der Waals surface area (Å²) >= 11 is 0. The van der Waals surface area contributed by atoms with Gasteiger partial charge in [-0.25, -0.2) is 0 Å². The molecule has 0 aromatic heterocycles. The van der Waals surface area contributed by atoms with Crippen molar-refractivity contribution in [1.29, 1.82) is 0 Å². The SMILES string of the molecule is Cc1ccccc1C(=O)N[C@H]1CC(=O)N(c2ccccc2)C1. The standard InChI is InChI=1S/C18H18N2O2/c1-13-7-5-6-10-16(13)18(22)19-14-11-17(21)20(12-14)15-8-3-2-4-9-15/h2-10,14H,11-12H2,1H3,(H,19,22)/t14-/m0/s1. The van der Waals surface area contributed by atoms with Gasteiger partial charge in [0, 0.05) is 24.2 Å². The molecule has 1 heterocycles. The Kier molecular flexibility index (Phi) is 3.92. The van der Waals surface area contributed by atoms with E-state index in [1.54, 1.807) is 11.0 Å². The van der Waals surface area contributed by atoms with Gasteiger partial charge in [0.15, 0.2) is 0 Å². The number of amides is 2. The number of hydrogen-bond donors (Lipinski definition) is 1. The molecule has 0 radical (unpaired) electrons. The number of para-hydroxylation sites is 1. The quantitative estimate of drug-likeness (QED) is 0.945. The van der Waals surface area contributed by atoms with E-state index in [1.165, 1.54) is 0 Å². The van der Waals surface area contributed by atoms with E-state index in [9.17, 15) is 9.59 Å². The van der Waals surface area contributed by atoms with Crippen LogP contribution in [0.25, 0.3) is 0 Å². The zero-order valence-corrected chi connectivity index (χ0v) is 12.5. The van der Waals surface area contributed by atoms with Crippen molar-refractivity contribution in [2.45, 2.75) is 19.4 Å². The van der Waals surface area contributed by atoms with Crippen molar-refractivity contribution in [3.63, 3.8) is 0 Å². The first-order chi connectivity index (χ1) is 10.6. The van der Waals surface area contributed by atoms with Crippen LogP contribution >= 0.6 is 0 Å². The molecule has 1 atom stereocenters. The van der Waals surface area contributed by atoms with Crippen LogP contribution in [0.3, 0.4) is 0 Å². The molecule has 2 amide bonds. The summed E-state index contributed by atoms with van der Waals surface area (Å²) in [5.41, 5.74) is 2.47. The zero-order valence-electron chi connectivity index (χ0n) is 12.5. The molecule has 1 aliphatic heterocycles. The summed E-state index contributed by atoms with van der Waals surface area (Å²) in [6, 6.07) is 16.8. The number of nitrogens with one attached hydrogen (secondary N) is 1. The average Bonchev–Trinajstić information content (AvgIpc) is 2.89. The first-order valence-electron chi connectivity index (χ1n) is 7.37. The molecule has 2 aromatic rings. The van der Waals surface area contributed by atoms with E-state index in [0.29, 0.717) is 18.5 Å². The molecule has 3 rings (SSSR count). The summed E-state index contributed by atoms with van der Waals surface area (Å²) in [7, 11) is 0. The second-order valence-corrected chi connectivity index (χ2v) is 5.53. The van der Waals surface area contributed by atoms with Crippen molar-refractivity contribution in [2.24, 2.45) is 0 Å². The summed E-state index contributed by atoms with van der Waals surface area (Å²) in [5, 5.41) is 2.96. The topological polar surface area (TPSA) is 49.4 Å². The Morgan fingerprint density at radius 1 is 1.09 bits per heavy atom. The van der Waals surface area contributed by atoms with Crippen LogP contribution in [-0.4, -0.2) is 24.4 Å². The predicted octanol–water partition coefficient (Wildman–Crippen LogP) is 2.53. The van der Waals surface area contributed by atoms with E-state index in [1.807, 2.05) is 55.5 Å². The summed E-state index contributed by atoms with van der Waals surface area (Å²) in [4.78, 5) is 26.2. The molecule has 0 unspecified atom stereocenters. The van der Waals surface area contributed by atoms with Crippen molar-refractivity contribution >= 4 is 17.5 Å². The summed E-state index contributed by atoms with van der Waals surface area (Å²) < 4.78 is 0. The number of benzene rings is 2. The molecular weight excluding hydrogens is 276 g/mol. The third kappa shape index (κ3) is 2.86. The van der Waals surface area contributed by atoms with Gasteiger partial charge < -0.3 is 10.2 Å². The van der Waals surface area contributed by atoms with Crippen molar-refractivity contribution in [3.05, 3.63) is 65.7 Å². The molecule has 0 spiro atoms. The van der Waals surface area contributed by atoms with Crippen LogP contribution < -0.4 is 10.2 Å². The third-order valence-electron chi connectivity index (χ3n) is 3.92. The Hall–Kier alpha value is -2.62. The second kappa shape index (κ2) is 6.02. The fourth-order valence-electron chi connectivity index (χ4n) is 2.75. The highest BCUT2D eigenvalue weighted by atomic mass is 16.2. The van der Waals surface area contributed by atoms with Crippen LogP contribution in [0, 0.1) is 6.92 Å². The maximum Gasteiger partial charge on any atom is 0.251 e. The molecule has 0 aliphatic carbocycles. The van der Waals surface area contributed by atoms with Crippen LogP contribution in [-0.2, 0) is 4.79 Å². The van der Waals surface area contributed by atoms with Gasteiger partial charge >= 0.3 is 0 Å². The number of carbonyl (C=O) groups excluding carboxylic acids is 2. The van der Waals surface area contributed by atoms with Gasteiger partial charge in [0.2, 0.25) is 5.91 Å². The van der Waals surface area contributed by atoms with Crippen LogP contribution in [0.15, 0.2) is 54.6 Å². The molecule has 22 heavy (non-hydrogen) atoms. The number of hydrogen-bond acceptors (Lipinski definition) is 2. The first kappa shape index (κ1) is 14.3. The lowest BCUT2D eigenvalue weighted by Gasteiger charge is -2.17. The Labute approximate surface area is 129 Å². The molecule has 4 heteroatoms. The number of aryl methyl sites for hydroxylation is 1. The number of anilines is 1. The van der Waals surface area contributed by atoms with Crippen molar-refractivity contribution in [1.82, 2.24) is 5.32 Å². The lowest BCUT2D eigenvalue weighted by molar-refractivity contribution is -0.117. The highest BCUT2D eigenvalue weighted by molar-refractivity contribution is 5.99. The molecule has 112 valence electrons. The third-order valence-corrected chi connectivity index (χ3v) is 3.92. The number of carbonyl (C=O) groups is 2. The van der Waals surface area contributed by atoms with Gasteiger partial charge in [0.25, 0.3) is 5.91 Å². The molecule has 0 saturated carbocycles. The van der Waals surface area contributed by atoms with Crippen molar-refractivity contribution in [2.75, 3.05) is 11.4 Å². The maximum atomic E-state index is 12.3. The minimum Gasteiger partial charge on any atom is -0.347 e. The number of rotatable bonds is 3. The Bertz CT molecular complexity index is 697. The summed E-state index contributed by atoms with van der Waals surface area (Å²) in [5.74, 6) is -0.0768. The minimum atomic E-state index is -0.153. The molecule has 1 saturated heterocycles. The first-order valence-corrected chi connectivity index (χ1v) is 7.37. The fraction of sp³-hybridized carbons (Fsp3) is 0.222. The van der Waals surface area contributed by atoms with Crippen LogP contribution in [0.2, 0.25) is 0 Å². The normalized spacial score (nSPS) is 17.6. The second-order valence-electron chi connectivity index (χ2n) is 5.53. The minimum absolute atomic E-state index is 0.0429. The van der Waals surface area contributed by atoms with Gasteiger partial charge in [0.1, 0.15) is 0 Å². The Morgan fingerprint density at radius 2 is 1.77 bits per heavy atom. The number of nitrogens with zero attached hydrogens (tertiary/aromatic N) is 1. The van der Waals surface area contributed by atoms with Gasteiger partial charge in [0.05, 0.1) is 6.04 Å². The van der Waals surface area contributed by atoms with Crippen LogP contribution in [0.4, 0.5) is 5.69 Å². The Morgan fingerprint density at radius 3 is 2.50 bits per heavy atom. The average molecular weight is 294 g/mol. The molecule has 4 nitrogen and oxygen atoms in total. The van der Waals surface area contributed by atoms with E-state index >= 15 is 0 Å². The molecule has 1 N–H and O–H groups in total. The predicted molar refractivity (Wildman–Crippen MR) is 85.8 cm³/mol. The lowest BCUT2D eigenvalue weighted by atomic mass is 10.1. The largest absolute Gasteiger partial charge is 0.347 e.